The molecule has 0 radical (unpaired) electrons. The lowest BCUT2D eigenvalue weighted by Gasteiger charge is -2.31. The summed E-state index contributed by atoms with van der Waals surface area (Å²) in [6.45, 7) is 0.770. The van der Waals surface area contributed by atoms with Crippen LogP contribution in [0.3, 0.4) is 0 Å². The fraction of sp³-hybridized carbons (Fsp3) is 0.269. The van der Waals surface area contributed by atoms with Gasteiger partial charge in [0.05, 0.1) is 24.2 Å². The van der Waals surface area contributed by atoms with Gasteiger partial charge in [0.15, 0.2) is 0 Å². The molecule has 0 saturated carbocycles. The second kappa shape index (κ2) is 8.40. The molecular formula is C26H26N2O2S. The number of methoxy groups -OCH3 is 1. The topological polar surface area (TPSA) is 56.8 Å². The zero-order valence-corrected chi connectivity index (χ0v) is 18.4. The van der Waals surface area contributed by atoms with Crippen molar-refractivity contribution in [2.75, 3.05) is 13.7 Å². The summed E-state index contributed by atoms with van der Waals surface area (Å²) in [4.78, 5) is 4.92. The molecule has 0 fully saturated rings. The number of aliphatic imine (C=N–C) groups is 1. The molecule has 5 rings (SSSR count). The lowest BCUT2D eigenvalue weighted by atomic mass is 9.84. The fourth-order valence-corrected chi connectivity index (χ4v) is 5.96. The Balaban J connectivity index is 1.55. The van der Waals surface area contributed by atoms with Gasteiger partial charge in [-0.15, -0.1) is 11.8 Å². The molecule has 2 heterocycles. The molecule has 2 N–H and O–H groups in total. The summed E-state index contributed by atoms with van der Waals surface area (Å²) in [5.41, 5.74) is 12.2. The average molecular weight is 431 g/mol. The van der Waals surface area contributed by atoms with Crippen molar-refractivity contribution >= 4 is 17.5 Å². The van der Waals surface area contributed by atoms with Gasteiger partial charge in [0, 0.05) is 6.42 Å². The van der Waals surface area contributed by atoms with E-state index in [1.165, 1.54) is 16.7 Å². The van der Waals surface area contributed by atoms with Crippen LogP contribution in [0, 0.1) is 0 Å². The van der Waals surface area contributed by atoms with Crippen LogP contribution >= 0.6 is 11.8 Å². The maximum Gasteiger partial charge on any atom is 0.145 e. The second-order valence-corrected chi connectivity index (χ2v) is 9.59. The highest BCUT2D eigenvalue weighted by atomic mass is 32.2. The minimum absolute atomic E-state index is 0.247. The monoisotopic (exact) mass is 430 g/mol. The molecule has 3 aromatic rings. The predicted molar refractivity (Wildman–Crippen MR) is 127 cm³/mol. The van der Waals surface area contributed by atoms with E-state index in [0.29, 0.717) is 0 Å². The van der Waals surface area contributed by atoms with E-state index in [9.17, 15) is 0 Å². The zero-order valence-electron chi connectivity index (χ0n) is 17.6. The largest absolute Gasteiger partial charge is 0.497 e. The van der Waals surface area contributed by atoms with Crippen molar-refractivity contribution in [2.45, 2.75) is 29.5 Å². The van der Waals surface area contributed by atoms with Crippen LogP contribution < -0.4 is 15.2 Å². The van der Waals surface area contributed by atoms with E-state index in [1.807, 2.05) is 18.2 Å². The Bertz CT molecular complexity index is 1100. The number of nitrogens with two attached hydrogens (primary N) is 1. The van der Waals surface area contributed by atoms with Crippen molar-refractivity contribution in [2.24, 2.45) is 10.7 Å². The summed E-state index contributed by atoms with van der Waals surface area (Å²) in [6.07, 6.45) is 2.68. The number of hydrogen-bond acceptors (Lipinski definition) is 5. The van der Waals surface area contributed by atoms with Crippen LogP contribution in [-0.2, 0) is 19.3 Å². The molecule has 31 heavy (non-hydrogen) atoms. The molecule has 5 heteroatoms. The third-order valence-electron chi connectivity index (χ3n) is 5.97. The van der Waals surface area contributed by atoms with Crippen molar-refractivity contribution in [3.05, 3.63) is 95.1 Å². The van der Waals surface area contributed by atoms with E-state index in [-0.39, 0.29) is 10.2 Å². The number of benzene rings is 3. The highest BCUT2D eigenvalue weighted by molar-refractivity contribution is 8.02. The Kier molecular flexibility index (Phi) is 5.47. The number of thioether (sulfide) groups is 1. The Morgan fingerprint density at radius 1 is 1.03 bits per heavy atom. The molecule has 2 atom stereocenters. The molecule has 158 valence electrons. The molecule has 4 nitrogen and oxygen atoms in total. The lowest BCUT2D eigenvalue weighted by molar-refractivity contribution is 0.357. The molecule has 0 amide bonds. The van der Waals surface area contributed by atoms with Gasteiger partial charge in [0.2, 0.25) is 0 Å². The summed E-state index contributed by atoms with van der Waals surface area (Å²) < 4.78 is 10.8. The van der Waals surface area contributed by atoms with E-state index in [2.05, 4.69) is 54.6 Å². The Morgan fingerprint density at radius 3 is 2.55 bits per heavy atom. The SMILES string of the molecule is COc1ccc(CC2(Cc3ccc4c(c3)CCO4)SC(N)N=C2c2ccccc2)cc1. The number of rotatable bonds is 6. The number of hydrogen-bond donors (Lipinski definition) is 1. The summed E-state index contributed by atoms with van der Waals surface area (Å²) in [5, 5.41) is 0. The maximum atomic E-state index is 6.42. The van der Waals surface area contributed by atoms with E-state index in [1.54, 1.807) is 18.9 Å². The average Bonchev–Trinajstić information content (AvgIpc) is 3.38. The predicted octanol–water partition coefficient (Wildman–Crippen LogP) is 4.63. The zero-order chi connectivity index (χ0) is 21.3. The first kappa shape index (κ1) is 20.2. The summed E-state index contributed by atoms with van der Waals surface area (Å²) in [7, 11) is 1.69. The van der Waals surface area contributed by atoms with Gasteiger partial charge in [0.1, 0.15) is 17.0 Å². The lowest BCUT2D eigenvalue weighted by Crippen LogP contribution is -2.38. The van der Waals surface area contributed by atoms with Crippen LogP contribution in [-0.4, -0.2) is 29.7 Å². The van der Waals surface area contributed by atoms with E-state index < -0.39 is 0 Å². The molecule has 0 aromatic heterocycles. The second-order valence-electron chi connectivity index (χ2n) is 8.09. The van der Waals surface area contributed by atoms with Crippen molar-refractivity contribution in [1.82, 2.24) is 0 Å². The molecule has 2 aliphatic rings. The number of ether oxygens (including phenoxy) is 2. The summed E-state index contributed by atoms with van der Waals surface area (Å²) in [5.74, 6) is 1.88. The fourth-order valence-electron chi connectivity index (χ4n) is 4.56. The Hall–Kier alpha value is -2.76. The third-order valence-corrected chi connectivity index (χ3v) is 7.25. The van der Waals surface area contributed by atoms with Gasteiger partial charge in [-0.1, -0.05) is 54.6 Å². The van der Waals surface area contributed by atoms with Crippen LogP contribution in [0.25, 0.3) is 0 Å². The van der Waals surface area contributed by atoms with Gasteiger partial charge in [-0.3, -0.25) is 4.99 Å². The van der Waals surface area contributed by atoms with E-state index >= 15 is 0 Å². The van der Waals surface area contributed by atoms with Gasteiger partial charge in [0.25, 0.3) is 0 Å². The van der Waals surface area contributed by atoms with Gasteiger partial charge < -0.3 is 15.2 Å². The highest BCUT2D eigenvalue weighted by Crippen LogP contribution is 2.44. The first-order valence-corrected chi connectivity index (χ1v) is 11.5. The Morgan fingerprint density at radius 2 is 1.77 bits per heavy atom. The first-order valence-electron chi connectivity index (χ1n) is 10.6. The maximum absolute atomic E-state index is 6.42. The molecule has 0 saturated heterocycles. The quantitative estimate of drug-likeness (QED) is 0.619. The van der Waals surface area contributed by atoms with Gasteiger partial charge >= 0.3 is 0 Å². The van der Waals surface area contributed by atoms with Crippen LogP contribution in [0.1, 0.15) is 22.3 Å². The van der Waals surface area contributed by atoms with Gasteiger partial charge in [-0.05, 0) is 53.3 Å². The van der Waals surface area contributed by atoms with E-state index in [4.69, 9.17) is 20.2 Å². The standard InChI is InChI=1S/C26H26N2O2S/c1-29-22-10-7-18(8-11-22)16-26(17-19-9-12-23-21(15-19)13-14-30-23)24(28-25(27)31-26)20-5-3-2-4-6-20/h2-12,15,25H,13-14,16-17,27H2,1H3. The van der Waals surface area contributed by atoms with Crippen molar-refractivity contribution in [3.63, 3.8) is 0 Å². The molecule has 0 bridgehead atoms. The molecule has 2 unspecified atom stereocenters. The van der Waals surface area contributed by atoms with Gasteiger partial charge in [-0.2, -0.15) is 0 Å². The van der Waals surface area contributed by atoms with Crippen LogP contribution in [0.5, 0.6) is 11.5 Å². The molecule has 0 spiro atoms. The molecule has 3 aromatic carbocycles. The smallest absolute Gasteiger partial charge is 0.145 e. The molecule has 0 aliphatic carbocycles. The molecule has 2 aliphatic heterocycles. The third kappa shape index (κ3) is 4.08. The van der Waals surface area contributed by atoms with E-state index in [0.717, 1.165) is 48.6 Å². The van der Waals surface area contributed by atoms with Crippen LogP contribution in [0.4, 0.5) is 0 Å². The van der Waals surface area contributed by atoms with Crippen molar-refractivity contribution < 1.29 is 9.47 Å². The van der Waals surface area contributed by atoms with Crippen molar-refractivity contribution in [3.8, 4) is 11.5 Å². The minimum Gasteiger partial charge on any atom is -0.497 e. The number of fused-ring (bicyclic) bond motifs is 1. The minimum atomic E-state index is -0.272. The normalized spacial score (nSPS) is 22.0. The van der Waals surface area contributed by atoms with Crippen LogP contribution in [0.15, 0.2) is 77.8 Å². The highest BCUT2D eigenvalue weighted by Gasteiger charge is 2.44. The molecular weight excluding hydrogens is 404 g/mol. The van der Waals surface area contributed by atoms with Gasteiger partial charge in [-0.25, -0.2) is 0 Å². The first-order chi connectivity index (χ1) is 15.1. The summed E-state index contributed by atoms with van der Waals surface area (Å²) >= 11 is 1.76. The summed E-state index contributed by atoms with van der Waals surface area (Å²) in [6, 6.07) is 25.4. The number of nitrogens with zero attached hydrogens (tertiary/aromatic N) is 1. The van der Waals surface area contributed by atoms with Crippen LogP contribution in [0.2, 0.25) is 0 Å². The Labute approximate surface area is 187 Å². The van der Waals surface area contributed by atoms with Crippen molar-refractivity contribution in [1.29, 1.82) is 0 Å².